The molecule has 0 heterocycles. The molecule has 0 fully saturated rings. The van der Waals surface area contributed by atoms with Gasteiger partial charge in [-0.3, -0.25) is 9.11 Å². The molecule has 8 nitrogen and oxygen atoms in total. The third kappa shape index (κ3) is 8.72. The summed E-state index contributed by atoms with van der Waals surface area (Å²) in [6.07, 6.45) is 1.41. The molecular weight excluding hydrogens is 455 g/mol. The zero-order valence-corrected chi connectivity index (χ0v) is 21.4. The maximum atomic E-state index is 11.4. The third-order valence-electron chi connectivity index (χ3n) is 4.29. The summed E-state index contributed by atoms with van der Waals surface area (Å²) in [7, 11) is -8.63. The zero-order chi connectivity index (χ0) is 22.4. The predicted octanol–water partition coefficient (Wildman–Crippen LogP) is 1.14. The molecule has 0 radical (unpaired) electrons. The summed E-state index contributed by atoms with van der Waals surface area (Å²) in [5, 5.41) is 0. The second kappa shape index (κ2) is 12.2. The molecule has 11 heteroatoms. The van der Waals surface area contributed by atoms with Crippen molar-refractivity contribution in [3.8, 4) is 22.6 Å². The van der Waals surface area contributed by atoms with Gasteiger partial charge in [0.15, 0.2) is 0 Å². The van der Waals surface area contributed by atoms with Crippen LogP contribution in [0.4, 0.5) is 0 Å². The smallest absolute Gasteiger partial charge is 0.472 e. The normalized spacial score (nSPS) is 13.7. The molecule has 2 unspecified atom stereocenters. The summed E-state index contributed by atoms with van der Waals surface area (Å²) < 4.78 is 74.9. The first-order valence-corrected chi connectivity index (χ1v) is 12.5. The molecule has 2 aromatic rings. The molecule has 0 spiro atoms. The van der Waals surface area contributed by atoms with Crippen LogP contribution in [0.2, 0.25) is 0 Å². The largest absolute Gasteiger partial charge is 1.00 e. The van der Waals surface area contributed by atoms with Crippen molar-refractivity contribution in [1.29, 1.82) is 0 Å². The van der Waals surface area contributed by atoms with Gasteiger partial charge in [0, 0.05) is 12.8 Å². The Morgan fingerprint density at radius 2 is 0.968 bits per heavy atom. The molecule has 0 aliphatic rings. The van der Waals surface area contributed by atoms with E-state index in [9.17, 15) is 25.9 Å². The van der Waals surface area contributed by atoms with Crippen molar-refractivity contribution in [3.05, 3.63) is 48.5 Å². The van der Waals surface area contributed by atoms with Crippen LogP contribution < -0.4 is 39.0 Å². The Morgan fingerprint density at radius 1 is 0.677 bits per heavy atom. The van der Waals surface area contributed by atoms with Crippen molar-refractivity contribution in [3.63, 3.8) is 0 Å². The first kappa shape index (κ1) is 27.9. The van der Waals surface area contributed by atoms with Crippen LogP contribution in [-0.4, -0.2) is 36.8 Å². The maximum absolute atomic E-state index is 11.4. The van der Waals surface area contributed by atoms with Crippen LogP contribution in [0, 0.1) is 0 Å². The number of rotatable bonds is 11. The van der Waals surface area contributed by atoms with Crippen LogP contribution in [0.15, 0.2) is 48.5 Å². The molecule has 0 aromatic heterocycles. The van der Waals surface area contributed by atoms with E-state index in [1.54, 1.807) is 62.4 Å². The van der Waals surface area contributed by atoms with Crippen LogP contribution in [0.25, 0.3) is 11.1 Å². The monoisotopic (exact) mass is 481 g/mol. The van der Waals surface area contributed by atoms with Gasteiger partial charge >= 0.3 is 49.8 Å². The van der Waals surface area contributed by atoms with Gasteiger partial charge in [-0.05, 0) is 35.4 Å². The summed E-state index contributed by atoms with van der Waals surface area (Å²) >= 11 is 0. The van der Waals surface area contributed by atoms with Gasteiger partial charge in [0.25, 0.3) is 0 Å². The van der Waals surface area contributed by atoms with Crippen molar-refractivity contribution < 1.29 is 65.0 Å². The van der Waals surface area contributed by atoms with Crippen molar-refractivity contribution in [1.82, 2.24) is 0 Å². The first-order valence-electron chi connectivity index (χ1n) is 9.51. The molecule has 0 bridgehead atoms. The molecule has 166 valence electrons. The minimum absolute atomic E-state index is 0. The maximum Gasteiger partial charge on any atom is 1.00 e. The summed E-state index contributed by atoms with van der Waals surface area (Å²) in [4.78, 5) is 0. The fraction of sp³-hybridized carbons (Fsp3) is 0.400. The van der Waals surface area contributed by atoms with E-state index in [2.05, 4.69) is 0 Å². The van der Waals surface area contributed by atoms with Gasteiger partial charge < -0.3 is 9.47 Å². The van der Waals surface area contributed by atoms with Crippen LogP contribution in [0.5, 0.6) is 11.5 Å². The van der Waals surface area contributed by atoms with Crippen LogP contribution in [-0.2, 0) is 20.2 Å². The predicted molar refractivity (Wildman–Crippen MR) is 114 cm³/mol. The Morgan fingerprint density at radius 3 is 1.19 bits per heavy atom. The van der Waals surface area contributed by atoms with Crippen LogP contribution in [0.3, 0.4) is 0 Å². The van der Waals surface area contributed by atoms with Gasteiger partial charge in [-0.1, -0.05) is 51.0 Å². The Hall–Kier alpha value is -1.14. The van der Waals surface area contributed by atoms with E-state index < -0.39 is 31.1 Å². The Balaban J connectivity index is 0.00000480. The number of ether oxygens (including phenoxy) is 2. The molecular formula is C20H26NaO8S2+. The molecule has 2 aromatic carbocycles. The number of benzene rings is 2. The number of hydrogen-bond donors (Lipinski definition) is 2. The topological polar surface area (TPSA) is 127 Å². The second-order valence-corrected chi connectivity index (χ2v) is 9.86. The second-order valence-electron chi connectivity index (χ2n) is 6.75. The van der Waals surface area contributed by atoms with E-state index in [1.165, 1.54) is 0 Å². The van der Waals surface area contributed by atoms with Gasteiger partial charge in [0.05, 0.1) is 0 Å². The fourth-order valence-corrected chi connectivity index (χ4v) is 4.30. The molecule has 2 atom stereocenters. The van der Waals surface area contributed by atoms with Crippen LogP contribution >= 0.6 is 0 Å². The molecule has 0 saturated carbocycles. The zero-order valence-electron chi connectivity index (χ0n) is 17.8. The van der Waals surface area contributed by atoms with Crippen molar-refractivity contribution in [2.75, 3.05) is 0 Å². The summed E-state index contributed by atoms with van der Waals surface area (Å²) in [5.41, 5.74) is -1.01. The van der Waals surface area contributed by atoms with Gasteiger partial charge in [0.2, 0.25) is 10.9 Å². The minimum atomic E-state index is -4.31. The first-order chi connectivity index (χ1) is 14.0. The van der Waals surface area contributed by atoms with Crippen LogP contribution in [0.1, 0.15) is 39.5 Å². The Labute approximate surface area is 205 Å². The standard InChI is InChI=1S/C20H26O8S2.Na/c1-3-5-19(29(21,22)23)27-17-11-7-15(8-12-17)16-9-13-18(14-10-16)28-20(6-4-2)30(24,25)26;/h7-14,19-20H,3-6H2,1-2H3,(H,21,22,23)(H,24,25,26);/q;+1. The molecule has 0 amide bonds. The van der Waals surface area contributed by atoms with E-state index in [0.717, 1.165) is 11.1 Å². The van der Waals surface area contributed by atoms with Gasteiger partial charge in [-0.15, -0.1) is 0 Å². The molecule has 0 aliphatic heterocycles. The number of hydrogen-bond acceptors (Lipinski definition) is 6. The van der Waals surface area contributed by atoms with Gasteiger partial charge in [-0.25, -0.2) is 0 Å². The summed E-state index contributed by atoms with van der Waals surface area (Å²) in [6.45, 7) is 3.58. The van der Waals surface area contributed by atoms with E-state index in [-0.39, 0.29) is 42.4 Å². The average molecular weight is 482 g/mol. The van der Waals surface area contributed by atoms with E-state index in [1.807, 2.05) is 0 Å². The van der Waals surface area contributed by atoms with E-state index >= 15 is 0 Å². The molecule has 31 heavy (non-hydrogen) atoms. The summed E-state index contributed by atoms with van der Waals surface area (Å²) in [6, 6.07) is 13.3. The Kier molecular flexibility index (Phi) is 11.0. The molecule has 0 aliphatic carbocycles. The van der Waals surface area contributed by atoms with Crippen molar-refractivity contribution >= 4 is 20.2 Å². The molecule has 2 rings (SSSR count). The average Bonchev–Trinajstić information content (AvgIpc) is 2.67. The van der Waals surface area contributed by atoms with Gasteiger partial charge in [0.1, 0.15) is 11.5 Å². The third-order valence-corrected chi connectivity index (χ3v) is 6.28. The van der Waals surface area contributed by atoms with Gasteiger partial charge in [-0.2, -0.15) is 16.8 Å². The molecule has 0 saturated heterocycles. The quantitative estimate of drug-likeness (QED) is 0.361. The van der Waals surface area contributed by atoms with E-state index in [0.29, 0.717) is 24.3 Å². The van der Waals surface area contributed by atoms with E-state index in [4.69, 9.17) is 9.47 Å². The van der Waals surface area contributed by atoms with Crippen molar-refractivity contribution in [2.24, 2.45) is 0 Å². The minimum Gasteiger partial charge on any atom is -0.472 e. The fourth-order valence-electron chi connectivity index (χ4n) is 2.76. The summed E-state index contributed by atoms with van der Waals surface area (Å²) in [5.74, 6) is 0.621. The SMILES string of the molecule is CCCC(Oc1ccc(-c2ccc(OC(CCC)S(=O)(=O)O)cc2)cc1)S(=O)(=O)O.[Na+]. The van der Waals surface area contributed by atoms with Crippen molar-refractivity contribution in [2.45, 2.75) is 50.4 Å². The molecule has 2 N–H and O–H groups in total. The Bertz CT molecular complexity index is 934.